The number of benzene rings is 1. The van der Waals surface area contributed by atoms with Gasteiger partial charge in [-0.3, -0.25) is 0 Å². The predicted molar refractivity (Wildman–Crippen MR) is 82.6 cm³/mol. The molecule has 2 aliphatic carbocycles. The SMILES string of the molecule is Cc1ccc(CC(CCl)CC2CC3CCC2C3)cc1. The van der Waals surface area contributed by atoms with Crippen molar-refractivity contribution in [3.8, 4) is 0 Å². The Morgan fingerprint density at radius 3 is 2.53 bits per heavy atom. The molecule has 1 aromatic carbocycles. The van der Waals surface area contributed by atoms with E-state index in [2.05, 4.69) is 31.2 Å². The van der Waals surface area contributed by atoms with Crippen molar-refractivity contribution in [3.63, 3.8) is 0 Å². The average Bonchev–Trinajstić information content (AvgIpc) is 3.03. The molecule has 104 valence electrons. The summed E-state index contributed by atoms with van der Waals surface area (Å²) in [7, 11) is 0. The van der Waals surface area contributed by atoms with Crippen LogP contribution in [0.15, 0.2) is 24.3 Å². The summed E-state index contributed by atoms with van der Waals surface area (Å²) in [4.78, 5) is 0. The van der Waals surface area contributed by atoms with Gasteiger partial charge in [-0.15, -0.1) is 11.6 Å². The highest BCUT2D eigenvalue weighted by atomic mass is 35.5. The Balaban J connectivity index is 1.57. The van der Waals surface area contributed by atoms with Crippen molar-refractivity contribution in [2.24, 2.45) is 23.7 Å². The van der Waals surface area contributed by atoms with Crippen LogP contribution < -0.4 is 0 Å². The minimum atomic E-state index is 0.675. The molecule has 0 amide bonds. The molecular formula is C18H25Cl. The van der Waals surface area contributed by atoms with Crippen LogP contribution in [0.5, 0.6) is 0 Å². The van der Waals surface area contributed by atoms with Crippen molar-refractivity contribution in [1.29, 1.82) is 0 Å². The summed E-state index contributed by atoms with van der Waals surface area (Å²) in [6.45, 7) is 2.15. The fourth-order valence-electron chi connectivity index (χ4n) is 4.35. The van der Waals surface area contributed by atoms with Crippen LogP contribution in [0, 0.1) is 30.6 Å². The van der Waals surface area contributed by atoms with E-state index in [1.165, 1.54) is 43.2 Å². The molecule has 0 spiro atoms. The van der Waals surface area contributed by atoms with Crippen LogP contribution in [-0.4, -0.2) is 5.88 Å². The predicted octanol–water partition coefficient (Wildman–Crippen LogP) is 5.22. The summed E-state index contributed by atoms with van der Waals surface area (Å²) >= 11 is 6.23. The van der Waals surface area contributed by atoms with Gasteiger partial charge in [0.2, 0.25) is 0 Å². The van der Waals surface area contributed by atoms with E-state index in [1.54, 1.807) is 0 Å². The van der Waals surface area contributed by atoms with E-state index in [-0.39, 0.29) is 0 Å². The van der Waals surface area contributed by atoms with E-state index in [4.69, 9.17) is 11.6 Å². The van der Waals surface area contributed by atoms with Crippen molar-refractivity contribution in [2.75, 3.05) is 5.88 Å². The highest BCUT2D eigenvalue weighted by molar-refractivity contribution is 6.18. The van der Waals surface area contributed by atoms with Crippen LogP contribution in [0.2, 0.25) is 0 Å². The zero-order valence-electron chi connectivity index (χ0n) is 11.9. The lowest BCUT2D eigenvalue weighted by atomic mass is 9.81. The van der Waals surface area contributed by atoms with Gasteiger partial charge in [0.05, 0.1) is 0 Å². The molecule has 0 heterocycles. The number of hydrogen-bond acceptors (Lipinski definition) is 0. The topological polar surface area (TPSA) is 0 Å². The van der Waals surface area contributed by atoms with Gasteiger partial charge < -0.3 is 0 Å². The molecule has 1 heteroatoms. The molecule has 4 atom stereocenters. The highest BCUT2D eigenvalue weighted by Crippen LogP contribution is 2.50. The first-order valence-electron chi connectivity index (χ1n) is 7.86. The first-order chi connectivity index (χ1) is 9.24. The molecule has 2 bridgehead atoms. The fourth-order valence-corrected chi connectivity index (χ4v) is 4.59. The zero-order valence-corrected chi connectivity index (χ0v) is 12.7. The third kappa shape index (κ3) is 3.16. The molecule has 0 nitrogen and oxygen atoms in total. The summed E-state index contributed by atoms with van der Waals surface area (Å²) in [5.74, 6) is 4.57. The largest absolute Gasteiger partial charge is 0.126 e. The standard InChI is InChI=1S/C18H25Cl/c1-13-2-4-14(5-3-13)8-16(12-19)11-18-10-15-6-7-17(18)9-15/h2-5,15-18H,6-12H2,1H3. The van der Waals surface area contributed by atoms with Gasteiger partial charge in [0.15, 0.2) is 0 Å². The smallest absolute Gasteiger partial charge is 0.0255 e. The Hall–Kier alpha value is -0.490. The molecule has 1 aromatic rings. The average molecular weight is 277 g/mol. The molecule has 0 saturated heterocycles. The van der Waals surface area contributed by atoms with Gasteiger partial charge in [0, 0.05) is 5.88 Å². The van der Waals surface area contributed by atoms with E-state index in [9.17, 15) is 0 Å². The van der Waals surface area contributed by atoms with Crippen molar-refractivity contribution in [2.45, 2.75) is 45.4 Å². The minimum Gasteiger partial charge on any atom is -0.126 e. The van der Waals surface area contributed by atoms with Crippen LogP contribution in [0.3, 0.4) is 0 Å². The van der Waals surface area contributed by atoms with Crippen molar-refractivity contribution in [1.82, 2.24) is 0 Å². The lowest BCUT2D eigenvalue weighted by Crippen LogP contribution is -2.17. The van der Waals surface area contributed by atoms with Crippen LogP contribution >= 0.6 is 11.6 Å². The number of hydrogen-bond donors (Lipinski definition) is 0. The molecule has 2 fully saturated rings. The second kappa shape index (κ2) is 5.87. The van der Waals surface area contributed by atoms with Gasteiger partial charge in [-0.25, -0.2) is 0 Å². The first-order valence-corrected chi connectivity index (χ1v) is 8.39. The summed E-state index contributed by atoms with van der Waals surface area (Å²) in [5, 5.41) is 0. The summed E-state index contributed by atoms with van der Waals surface area (Å²) in [6, 6.07) is 8.99. The second-order valence-electron chi connectivity index (χ2n) is 6.88. The molecule has 3 rings (SSSR count). The van der Waals surface area contributed by atoms with E-state index in [0.717, 1.165) is 30.1 Å². The third-order valence-electron chi connectivity index (χ3n) is 5.38. The quantitative estimate of drug-likeness (QED) is 0.647. The maximum Gasteiger partial charge on any atom is 0.0255 e. The third-order valence-corrected chi connectivity index (χ3v) is 5.82. The Morgan fingerprint density at radius 2 is 1.95 bits per heavy atom. The highest BCUT2D eigenvalue weighted by Gasteiger charge is 2.39. The molecular weight excluding hydrogens is 252 g/mol. The maximum absolute atomic E-state index is 6.23. The Kier molecular flexibility index (Phi) is 4.17. The monoisotopic (exact) mass is 276 g/mol. The Bertz CT molecular complexity index is 408. The normalized spacial score (nSPS) is 30.7. The number of aryl methyl sites for hydroxylation is 1. The Labute approximate surface area is 122 Å². The zero-order chi connectivity index (χ0) is 13.2. The lowest BCUT2D eigenvalue weighted by molar-refractivity contribution is 0.276. The molecule has 2 aliphatic rings. The molecule has 0 radical (unpaired) electrons. The molecule has 19 heavy (non-hydrogen) atoms. The van der Waals surface area contributed by atoms with Gasteiger partial charge in [-0.2, -0.15) is 0 Å². The molecule has 2 saturated carbocycles. The number of rotatable bonds is 5. The summed E-state index contributed by atoms with van der Waals surface area (Å²) in [6.07, 6.45) is 8.53. The van der Waals surface area contributed by atoms with Crippen LogP contribution in [-0.2, 0) is 6.42 Å². The summed E-state index contributed by atoms with van der Waals surface area (Å²) < 4.78 is 0. The van der Waals surface area contributed by atoms with Crippen LogP contribution in [0.25, 0.3) is 0 Å². The van der Waals surface area contributed by atoms with Crippen molar-refractivity contribution in [3.05, 3.63) is 35.4 Å². The van der Waals surface area contributed by atoms with Gasteiger partial charge >= 0.3 is 0 Å². The van der Waals surface area contributed by atoms with Gasteiger partial charge in [-0.05, 0) is 68.3 Å². The van der Waals surface area contributed by atoms with Crippen LogP contribution in [0.4, 0.5) is 0 Å². The number of alkyl halides is 1. The first kappa shape index (κ1) is 13.5. The molecule has 4 unspecified atom stereocenters. The maximum atomic E-state index is 6.23. The lowest BCUT2D eigenvalue weighted by Gasteiger charge is -2.25. The van der Waals surface area contributed by atoms with Gasteiger partial charge in [0.1, 0.15) is 0 Å². The van der Waals surface area contributed by atoms with E-state index in [0.29, 0.717) is 5.92 Å². The van der Waals surface area contributed by atoms with Gasteiger partial charge in [0.25, 0.3) is 0 Å². The Morgan fingerprint density at radius 1 is 1.16 bits per heavy atom. The molecule has 0 aliphatic heterocycles. The van der Waals surface area contributed by atoms with E-state index < -0.39 is 0 Å². The van der Waals surface area contributed by atoms with Crippen molar-refractivity contribution >= 4 is 11.6 Å². The number of halogens is 1. The molecule has 0 N–H and O–H groups in total. The number of fused-ring (bicyclic) bond motifs is 2. The fraction of sp³-hybridized carbons (Fsp3) is 0.667. The summed E-state index contributed by atoms with van der Waals surface area (Å²) in [5.41, 5.74) is 2.80. The van der Waals surface area contributed by atoms with Crippen molar-refractivity contribution < 1.29 is 0 Å². The van der Waals surface area contributed by atoms with Crippen LogP contribution in [0.1, 0.15) is 43.2 Å². The second-order valence-corrected chi connectivity index (χ2v) is 7.19. The van der Waals surface area contributed by atoms with E-state index in [1.807, 2.05) is 0 Å². The minimum absolute atomic E-state index is 0.675. The van der Waals surface area contributed by atoms with Gasteiger partial charge in [-0.1, -0.05) is 36.2 Å². The van der Waals surface area contributed by atoms with E-state index >= 15 is 0 Å². The molecule has 0 aromatic heterocycles.